The summed E-state index contributed by atoms with van der Waals surface area (Å²) in [4.78, 5) is 0. The molecule has 1 heteroatoms. The molecule has 1 unspecified atom stereocenters. The standard InChI is InChI=1S/C25H27.Sn/c1-2-24(18-21-12-6-3-7-13-21)25(19-22-14-8-4-9-15-22)20-23-16-10-5-11-17-23;/h3-17,24H,2,18-20H2,1H3;. The Kier molecular flexibility index (Phi) is 6.96. The van der Waals surface area contributed by atoms with Gasteiger partial charge in [-0.2, -0.15) is 0 Å². The van der Waals surface area contributed by atoms with Crippen molar-refractivity contribution in [1.29, 1.82) is 0 Å². The molecule has 0 aliphatic rings. The molecular formula is C25H27Sn. The summed E-state index contributed by atoms with van der Waals surface area (Å²) in [7, 11) is 0. The Labute approximate surface area is 171 Å². The molecule has 1 atom stereocenters. The molecule has 26 heavy (non-hydrogen) atoms. The van der Waals surface area contributed by atoms with Crippen LogP contribution in [-0.4, -0.2) is 22.5 Å². The predicted octanol–water partition coefficient (Wildman–Crippen LogP) is 6.07. The van der Waals surface area contributed by atoms with Gasteiger partial charge >= 0.3 is 172 Å². The molecule has 0 fully saturated rings. The van der Waals surface area contributed by atoms with Gasteiger partial charge < -0.3 is 0 Å². The first-order chi connectivity index (χ1) is 12.7. The fourth-order valence-corrected chi connectivity index (χ4v) is 5.94. The molecule has 3 radical (unpaired) electrons. The maximum absolute atomic E-state index is 2.36. The molecule has 0 amide bonds. The van der Waals surface area contributed by atoms with Gasteiger partial charge in [0.25, 0.3) is 0 Å². The molecule has 0 heterocycles. The van der Waals surface area contributed by atoms with Crippen molar-refractivity contribution in [3.8, 4) is 0 Å². The van der Waals surface area contributed by atoms with Crippen LogP contribution in [0.15, 0.2) is 91.0 Å². The van der Waals surface area contributed by atoms with Crippen LogP contribution in [0.1, 0.15) is 30.0 Å². The Morgan fingerprint density at radius 1 is 0.654 bits per heavy atom. The molecule has 0 aliphatic heterocycles. The van der Waals surface area contributed by atoms with Crippen LogP contribution in [0.5, 0.6) is 0 Å². The van der Waals surface area contributed by atoms with Crippen molar-refractivity contribution in [2.75, 3.05) is 0 Å². The number of hydrogen-bond acceptors (Lipinski definition) is 0. The first-order valence-electron chi connectivity index (χ1n) is 9.56. The third kappa shape index (κ3) is 5.23. The van der Waals surface area contributed by atoms with Gasteiger partial charge in [-0.25, -0.2) is 0 Å². The monoisotopic (exact) mass is 447 g/mol. The quantitative estimate of drug-likeness (QED) is 0.369. The molecule has 0 N–H and O–H groups in total. The van der Waals surface area contributed by atoms with E-state index >= 15 is 0 Å². The van der Waals surface area contributed by atoms with Crippen LogP contribution in [0.4, 0.5) is 0 Å². The van der Waals surface area contributed by atoms with Gasteiger partial charge in [-0.1, -0.05) is 0 Å². The topological polar surface area (TPSA) is 0 Å². The van der Waals surface area contributed by atoms with Crippen molar-refractivity contribution >= 4 is 22.5 Å². The van der Waals surface area contributed by atoms with Gasteiger partial charge in [-0.15, -0.1) is 0 Å². The second kappa shape index (κ2) is 9.41. The Morgan fingerprint density at radius 2 is 1.04 bits per heavy atom. The molecule has 0 nitrogen and oxygen atoms in total. The van der Waals surface area contributed by atoms with Crippen LogP contribution in [0.2, 0.25) is 3.43 Å². The molecule has 0 saturated heterocycles. The van der Waals surface area contributed by atoms with E-state index in [1.165, 1.54) is 29.5 Å². The number of benzene rings is 3. The zero-order valence-electron chi connectivity index (χ0n) is 15.6. The zero-order valence-corrected chi connectivity index (χ0v) is 18.4. The first-order valence-corrected chi connectivity index (χ1v) is 11.0. The molecule has 0 aromatic heterocycles. The van der Waals surface area contributed by atoms with Crippen LogP contribution in [-0.2, 0) is 19.3 Å². The van der Waals surface area contributed by atoms with E-state index < -0.39 is 0 Å². The minimum atomic E-state index is 0.319. The molecule has 131 valence electrons. The summed E-state index contributed by atoms with van der Waals surface area (Å²) in [5, 5.41) is 0. The SMILES string of the molecule is CCC(Cc1ccccc1)[C]([Sn])(Cc1ccccc1)Cc1ccccc1. The summed E-state index contributed by atoms with van der Waals surface area (Å²) in [5.41, 5.74) is 4.39. The molecule has 3 aromatic rings. The molecule has 0 saturated carbocycles. The van der Waals surface area contributed by atoms with E-state index in [9.17, 15) is 0 Å². The Bertz CT molecular complexity index is 724. The summed E-state index contributed by atoms with van der Waals surface area (Å²) < 4.78 is 0.319. The Balaban J connectivity index is 1.89. The van der Waals surface area contributed by atoms with E-state index in [1.807, 2.05) is 0 Å². The van der Waals surface area contributed by atoms with Gasteiger partial charge in [-0.3, -0.25) is 0 Å². The predicted molar refractivity (Wildman–Crippen MR) is 113 cm³/mol. The van der Waals surface area contributed by atoms with E-state index in [1.54, 1.807) is 22.5 Å². The second-order valence-electron chi connectivity index (χ2n) is 7.28. The van der Waals surface area contributed by atoms with Gasteiger partial charge in [0.15, 0.2) is 0 Å². The van der Waals surface area contributed by atoms with E-state index in [4.69, 9.17) is 0 Å². The fourth-order valence-electron chi connectivity index (χ4n) is 3.90. The van der Waals surface area contributed by atoms with E-state index in [0.717, 1.165) is 12.8 Å². The van der Waals surface area contributed by atoms with Crippen LogP contribution in [0.3, 0.4) is 0 Å². The molecule has 0 aliphatic carbocycles. The van der Waals surface area contributed by atoms with E-state index in [-0.39, 0.29) is 0 Å². The Morgan fingerprint density at radius 3 is 1.42 bits per heavy atom. The Hall–Kier alpha value is -1.54. The maximum atomic E-state index is 2.36. The van der Waals surface area contributed by atoms with Gasteiger partial charge in [0, 0.05) is 0 Å². The molecule has 0 bridgehead atoms. The van der Waals surface area contributed by atoms with Gasteiger partial charge in [0.2, 0.25) is 0 Å². The normalized spacial score (nSPS) is 12.7. The molecule has 3 aromatic carbocycles. The average Bonchev–Trinajstić information content (AvgIpc) is 2.68. The summed E-state index contributed by atoms with van der Waals surface area (Å²) in [6, 6.07) is 33.1. The van der Waals surface area contributed by atoms with Crippen LogP contribution >= 0.6 is 0 Å². The molecule has 3 rings (SSSR count). The molecule has 0 spiro atoms. The minimum absolute atomic E-state index is 0.319. The zero-order chi connectivity index (χ0) is 18.2. The van der Waals surface area contributed by atoms with Crippen molar-refractivity contribution in [1.82, 2.24) is 0 Å². The number of rotatable bonds is 8. The molecular weight excluding hydrogens is 419 g/mol. The van der Waals surface area contributed by atoms with Crippen molar-refractivity contribution in [3.05, 3.63) is 108 Å². The van der Waals surface area contributed by atoms with E-state index in [0.29, 0.717) is 9.35 Å². The summed E-state index contributed by atoms with van der Waals surface area (Å²) in [5.74, 6) is 0.684. The van der Waals surface area contributed by atoms with Gasteiger partial charge in [0.05, 0.1) is 0 Å². The van der Waals surface area contributed by atoms with Crippen molar-refractivity contribution in [2.45, 2.75) is 36.0 Å². The van der Waals surface area contributed by atoms with Crippen molar-refractivity contribution in [3.63, 3.8) is 0 Å². The summed E-state index contributed by atoms with van der Waals surface area (Å²) in [6.07, 6.45) is 4.71. The first kappa shape index (κ1) is 19.2. The van der Waals surface area contributed by atoms with Crippen LogP contribution < -0.4 is 0 Å². The van der Waals surface area contributed by atoms with Crippen LogP contribution in [0.25, 0.3) is 0 Å². The number of hydrogen-bond donors (Lipinski definition) is 0. The van der Waals surface area contributed by atoms with Crippen molar-refractivity contribution < 1.29 is 0 Å². The van der Waals surface area contributed by atoms with Gasteiger partial charge in [0.1, 0.15) is 0 Å². The van der Waals surface area contributed by atoms with Crippen molar-refractivity contribution in [2.24, 2.45) is 5.92 Å². The fraction of sp³-hybridized carbons (Fsp3) is 0.280. The summed E-state index contributed by atoms with van der Waals surface area (Å²) >= 11 is 1.65. The second-order valence-corrected chi connectivity index (χ2v) is 10.1. The van der Waals surface area contributed by atoms with E-state index in [2.05, 4.69) is 97.9 Å². The van der Waals surface area contributed by atoms with Gasteiger partial charge in [-0.05, 0) is 0 Å². The average molecular weight is 446 g/mol. The summed E-state index contributed by atoms with van der Waals surface area (Å²) in [6.45, 7) is 2.36. The third-order valence-corrected chi connectivity index (χ3v) is 7.50. The third-order valence-electron chi connectivity index (χ3n) is 5.32. The van der Waals surface area contributed by atoms with Crippen LogP contribution in [0, 0.1) is 5.92 Å².